The van der Waals surface area contributed by atoms with Crippen molar-refractivity contribution in [2.75, 3.05) is 26.7 Å². The molecule has 2 fully saturated rings. The first-order valence-electron chi connectivity index (χ1n) is 7.39. The minimum absolute atomic E-state index is 0. The van der Waals surface area contributed by atoms with E-state index in [-0.39, 0.29) is 24.4 Å². The Morgan fingerprint density at radius 3 is 2.63 bits per heavy atom. The van der Waals surface area contributed by atoms with Gasteiger partial charge in [0.2, 0.25) is 5.91 Å². The number of nitrogens with zero attached hydrogens (tertiary/aromatic N) is 1. The van der Waals surface area contributed by atoms with Crippen LogP contribution in [0, 0.1) is 5.92 Å². The Kier molecular flexibility index (Phi) is 7.11. The van der Waals surface area contributed by atoms with E-state index in [1.807, 2.05) is 14.0 Å². The first kappa shape index (κ1) is 16.7. The summed E-state index contributed by atoms with van der Waals surface area (Å²) in [4.78, 5) is 14.5. The highest BCUT2D eigenvalue weighted by Gasteiger charge is 2.30. The number of halogens is 1. The molecule has 2 N–H and O–H groups in total. The Morgan fingerprint density at radius 2 is 2.00 bits per heavy atom. The number of amides is 1. The third-order valence-corrected chi connectivity index (χ3v) is 4.44. The third-order valence-electron chi connectivity index (χ3n) is 4.44. The molecule has 0 spiro atoms. The summed E-state index contributed by atoms with van der Waals surface area (Å²) in [7, 11) is 2.00. The Morgan fingerprint density at radius 1 is 1.32 bits per heavy atom. The molecule has 1 saturated carbocycles. The Labute approximate surface area is 123 Å². The standard InChI is InChI=1S/C14H27N3O.ClH/c1-11(14(18)16-13-5-3-4-6-13)17-8-7-12(10-17)9-15-2;/h11-13,15H,3-10H2,1-2H3,(H,16,18);1H. The largest absolute Gasteiger partial charge is 0.352 e. The molecule has 5 heteroatoms. The van der Waals surface area contributed by atoms with E-state index in [1.54, 1.807) is 0 Å². The van der Waals surface area contributed by atoms with Gasteiger partial charge < -0.3 is 10.6 Å². The summed E-state index contributed by atoms with van der Waals surface area (Å²) in [6.45, 7) is 5.23. The van der Waals surface area contributed by atoms with Gasteiger partial charge in [-0.05, 0) is 52.2 Å². The molecule has 0 aromatic rings. The molecular formula is C14H28ClN3O. The summed E-state index contributed by atoms with van der Waals surface area (Å²) in [5.74, 6) is 0.934. The monoisotopic (exact) mass is 289 g/mol. The fraction of sp³-hybridized carbons (Fsp3) is 0.929. The second-order valence-corrected chi connectivity index (χ2v) is 5.87. The van der Waals surface area contributed by atoms with E-state index in [0.29, 0.717) is 12.0 Å². The molecule has 2 aliphatic rings. The number of hydrogen-bond acceptors (Lipinski definition) is 3. The van der Waals surface area contributed by atoms with Gasteiger partial charge in [0.25, 0.3) is 0 Å². The average Bonchev–Trinajstić information content (AvgIpc) is 3.00. The summed E-state index contributed by atoms with van der Waals surface area (Å²) >= 11 is 0. The fourth-order valence-corrected chi connectivity index (χ4v) is 3.23. The molecule has 2 rings (SSSR count). The van der Waals surface area contributed by atoms with Gasteiger partial charge in [0, 0.05) is 12.6 Å². The lowest BCUT2D eigenvalue weighted by Crippen LogP contribution is -2.47. The Balaban J connectivity index is 0.00000180. The molecule has 1 aliphatic carbocycles. The van der Waals surface area contributed by atoms with Gasteiger partial charge in [-0.3, -0.25) is 9.69 Å². The summed E-state index contributed by atoms with van der Waals surface area (Å²) in [6.07, 6.45) is 6.09. The zero-order chi connectivity index (χ0) is 13.0. The van der Waals surface area contributed by atoms with Crippen LogP contribution < -0.4 is 10.6 Å². The van der Waals surface area contributed by atoms with Crippen molar-refractivity contribution in [3.8, 4) is 0 Å². The number of carbonyl (C=O) groups is 1. The van der Waals surface area contributed by atoms with E-state index in [1.165, 1.54) is 32.1 Å². The second-order valence-electron chi connectivity index (χ2n) is 5.87. The first-order chi connectivity index (χ1) is 8.70. The molecule has 0 radical (unpaired) electrons. The minimum Gasteiger partial charge on any atom is -0.352 e. The summed E-state index contributed by atoms with van der Waals surface area (Å²) < 4.78 is 0. The highest BCUT2D eigenvalue weighted by molar-refractivity contribution is 5.85. The molecule has 1 saturated heterocycles. The molecule has 1 heterocycles. The van der Waals surface area contributed by atoms with E-state index in [0.717, 1.165) is 19.6 Å². The maximum Gasteiger partial charge on any atom is 0.237 e. The fourth-order valence-electron chi connectivity index (χ4n) is 3.23. The van der Waals surface area contributed by atoms with Crippen molar-refractivity contribution in [3.05, 3.63) is 0 Å². The van der Waals surface area contributed by atoms with Crippen molar-refractivity contribution in [3.63, 3.8) is 0 Å². The van der Waals surface area contributed by atoms with Crippen LogP contribution in [0.3, 0.4) is 0 Å². The van der Waals surface area contributed by atoms with E-state index in [9.17, 15) is 4.79 Å². The van der Waals surface area contributed by atoms with Gasteiger partial charge in [0.15, 0.2) is 0 Å². The Bertz CT molecular complexity index is 282. The quantitative estimate of drug-likeness (QED) is 0.804. The van der Waals surface area contributed by atoms with Gasteiger partial charge in [-0.25, -0.2) is 0 Å². The van der Waals surface area contributed by atoms with Crippen LogP contribution in [0.2, 0.25) is 0 Å². The van der Waals surface area contributed by atoms with Crippen molar-refractivity contribution in [1.29, 1.82) is 0 Å². The van der Waals surface area contributed by atoms with Gasteiger partial charge in [-0.1, -0.05) is 12.8 Å². The van der Waals surface area contributed by atoms with Gasteiger partial charge in [-0.2, -0.15) is 0 Å². The zero-order valence-electron chi connectivity index (χ0n) is 12.2. The smallest absolute Gasteiger partial charge is 0.237 e. The Hall–Kier alpha value is -0.320. The normalized spacial score (nSPS) is 26.1. The number of rotatable bonds is 5. The number of likely N-dealkylation sites (tertiary alicyclic amines) is 1. The summed E-state index contributed by atoms with van der Waals surface area (Å²) in [5, 5.41) is 6.44. The minimum atomic E-state index is 0. The molecule has 112 valence electrons. The summed E-state index contributed by atoms with van der Waals surface area (Å²) in [6, 6.07) is 0.475. The van der Waals surface area contributed by atoms with Crippen LogP contribution in [0.1, 0.15) is 39.0 Å². The van der Waals surface area contributed by atoms with E-state index in [4.69, 9.17) is 0 Å². The van der Waals surface area contributed by atoms with Crippen LogP contribution in [0.25, 0.3) is 0 Å². The third kappa shape index (κ3) is 4.62. The lowest BCUT2D eigenvalue weighted by molar-refractivity contribution is -0.126. The number of hydrogen-bond donors (Lipinski definition) is 2. The SMILES string of the molecule is CNCC1CCN(C(C)C(=O)NC2CCCC2)C1.Cl. The maximum atomic E-state index is 12.2. The van der Waals surface area contributed by atoms with Gasteiger partial charge in [0.1, 0.15) is 0 Å². The van der Waals surface area contributed by atoms with Crippen molar-refractivity contribution >= 4 is 18.3 Å². The highest BCUT2D eigenvalue weighted by atomic mass is 35.5. The van der Waals surface area contributed by atoms with Crippen LogP contribution in [0.15, 0.2) is 0 Å². The average molecular weight is 290 g/mol. The van der Waals surface area contributed by atoms with Crippen molar-refractivity contribution in [2.24, 2.45) is 5.92 Å². The zero-order valence-corrected chi connectivity index (χ0v) is 13.0. The van der Waals surface area contributed by atoms with Crippen molar-refractivity contribution in [2.45, 2.75) is 51.1 Å². The van der Waals surface area contributed by atoms with Crippen LogP contribution in [0.5, 0.6) is 0 Å². The molecule has 1 aliphatic heterocycles. The molecule has 0 aromatic heterocycles. The van der Waals surface area contributed by atoms with E-state index in [2.05, 4.69) is 15.5 Å². The molecule has 19 heavy (non-hydrogen) atoms. The molecule has 2 atom stereocenters. The molecule has 1 amide bonds. The topological polar surface area (TPSA) is 44.4 Å². The second kappa shape index (κ2) is 8.08. The number of carbonyl (C=O) groups excluding carboxylic acids is 1. The molecular weight excluding hydrogens is 262 g/mol. The summed E-state index contributed by atoms with van der Waals surface area (Å²) in [5.41, 5.74) is 0. The van der Waals surface area contributed by atoms with Crippen LogP contribution in [-0.2, 0) is 4.79 Å². The van der Waals surface area contributed by atoms with Gasteiger partial charge in [0.05, 0.1) is 6.04 Å². The van der Waals surface area contributed by atoms with Gasteiger partial charge in [-0.15, -0.1) is 12.4 Å². The predicted octanol–water partition coefficient (Wildman–Crippen LogP) is 1.40. The molecule has 0 aromatic carbocycles. The van der Waals surface area contributed by atoms with Crippen molar-refractivity contribution in [1.82, 2.24) is 15.5 Å². The van der Waals surface area contributed by atoms with E-state index < -0.39 is 0 Å². The number of nitrogens with one attached hydrogen (secondary N) is 2. The van der Waals surface area contributed by atoms with Crippen LogP contribution in [0.4, 0.5) is 0 Å². The predicted molar refractivity (Wildman–Crippen MR) is 80.7 cm³/mol. The van der Waals surface area contributed by atoms with E-state index >= 15 is 0 Å². The molecule has 2 unspecified atom stereocenters. The van der Waals surface area contributed by atoms with Crippen molar-refractivity contribution < 1.29 is 4.79 Å². The lowest BCUT2D eigenvalue weighted by atomic mass is 10.1. The van der Waals surface area contributed by atoms with Gasteiger partial charge >= 0.3 is 0 Å². The van der Waals surface area contributed by atoms with Crippen LogP contribution >= 0.6 is 12.4 Å². The van der Waals surface area contributed by atoms with Crippen LogP contribution in [-0.4, -0.2) is 49.6 Å². The molecule has 4 nitrogen and oxygen atoms in total. The maximum absolute atomic E-state index is 12.2. The highest BCUT2D eigenvalue weighted by Crippen LogP contribution is 2.20. The first-order valence-corrected chi connectivity index (χ1v) is 7.39. The molecule has 0 bridgehead atoms. The lowest BCUT2D eigenvalue weighted by Gasteiger charge is -2.25.